The van der Waals surface area contributed by atoms with E-state index in [9.17, 15) is 4.79 Å². The molecule has 0 saturated heterocycles. The van der Waals surface area contributed by atoms with Crippen LogP contribution in [0.2, 0.25) is 0 Å². The number of aromatic nitrogens is 2. The van der Waals surface area contributed by atoms with Gasteiger partial charge in [0.05, 0.1) is 5.69 Å². The topological polar surface area (TPSA) is 46.4 Å². The molecule has 0 radical (unpaired) electrons. The van der Waals surface area contributed by atoms with Gasteiger partial charge in [-0.15, -0.1) is 0 Å². The summed E-state index contributed by atoms with van der Waals surface area (Å²) in [5.41, 5.74) is 4.63. The lowest BCUT2D eigenvalue weighted by Gasteiger charge is -2.07. The van der Waals surface area contributed by atoms with Crippen LogP contribution in [0.4, 0.5) is 0 Å². The standard InChI is InChI=1S/C19H21N3O/c1-3-6-16-18(22-12-5-4-7-17(22)21-16)19(23)20-13-15-10-8-14(2)9-11-15/h4-5,7-12H,3,6,13H2,1-2H3,(H,20,23). The Kier molecular flexibility index (Phi) is 4.42. The molecule has 0 aliphatic carbocycles. The number of nitrogens with zero attached hydrogens (tertiary/aromatic N) is 2. The summed E-state index contributed by atoms with van der Waals surface area (Å²) >= 11 is 0. The molecule has 0 saturated carbocycles. The number of fused-ring (bicyclic) bond motifs is 1. The van der Waals surface area contributed by atoms with Gasteiger partial charge in [-0.1, -0.05) is 49.2 Å². The largest absolute Gasteiger partial charge is 0.347 e. The van der Waals surface area contributed by atoms with Crippen LogP contribution in [-0.2, 0) is 13.0 Å². The summed E-state index contributed by atoms with van der Waals surface area (Å²) < 4.78 is 1.87. The molecule has 23 heavy (non-hydrogen) atoms. The van der Waals surface area contributed by atoms with Gasteiger partial charge in [0.15, 0.2) is 0 Å². The fourth-order valence-corrected chi connectivity index (χ4v) is 2.67. The molecule has 1 N–H and O–H groups in total. The van der Waals surface area contributed by atoms with Crippen molar-refractivity contribution < 1.29 is 4.79 Å². The fraction of sp³-hybridized carbons (Fsp3) is 0.263. The zero-order valence-corrected chi connectivity index (χ0v) is 13.5. The van der Waals surface area contributed by atoms with Crippen molar-refractivity contribution in [1.29, 1.82) is 0 Å². The molecule has 0 atom stereocenters. The van der Waals surface area contributed by atoms with Gasteiger partial charge in [-0.05, 0) is 31.0 Å². The summed E-state index contributed by atoms with van der Waals surface area (Å²) in [7, 11) is 0. The Morgan fingerprint density at radius 1 is 1.17 bits per heavy atom. The number of imidazole rings is 1. The van der Waals surface area contributed by atoms with Gasteiger partial charge in [0.1, 0.15) is 11.3 Å². The van der Waals surface area contributed by atoms with Crippen LogP contribution in [0.1, 0.15) is 40.7 Å². The number of hydrogen-bond acceptors (Lipinski definition) is 2. The lowest BCUT2D eigenvalue weighted by atomic mass is 10.1. The monoisotopic (exact) mass is 307 g/mol. The van der Waals surface area contributed by atoms with Gasteiger partial charge in [-0.25, -0.2) is 4.98 Å². The van der Waals surface area contributed by atoms with Crippen LogP contribution in [0.25, 0.3) is 5.65 Å². The van der Waals surface area contributed by atoms with Crippen molar-refractivity contribution in [3.05, 3.63) is 71.2 Å². The van der Waals surface area contributed by atoms with Crippen molar-refractivity contribution in [3.63, 3.8) is 0 Å². The minimum absolute atomic E-state index is 0.0762. The van der Waals surface area contributed by atoms with Crippen molar-refractivity contribution in [3.8, 4) is 0 Å². The molecule has 0 aliphatic rings. The molecule has 0 unspecified atom stereocenters. The Bertz CT molecular complexity index is 818. The molecule has 4 nitrogen and oxygen atoms in total. The number of benzene rings is 1. The number of nitrogens with one attached hydrogen (secondary N) is 1. The molecule has 3 rings (SSSR count). The summed E-state index contributed by atoms with van der Waals surface area (Å²) in [6.07, 6.45) is 3.65. The van der Waals surface area contributed by atoms with Gasteiger partial charge in [0, 0.05) is 12.7 Å². The summed E-state index contributed by atoms with van der Waals surface area (Å²) in [6.45, 7) is 4.67. The normalized spacial score (nSPS) is 10.9. The lowest BCUT2D eigenvalue weighted by molar-refractivity contribution is 0.0944. The highest BCUT2D eigenvalue weighted by Crippen LogP contribution is 2.15. The van der Waals surface area contributed by atoms with Crippen molar-refractivity contribution in [2.75, 3.05) is 0 Å². The molecule has 0 fully saturated rings. The number of pyridine rings is 1. The maximum absolute atomic E-state index is 12.7. The van der Waals surface area contributed by atoms with Crippen LogP contribution in [-0.4, -0.2) is 15.3 Å². The van der Waals surface area contributed by atoms with Crippen molar-refractivity contribution in [2.24, 2.45) is 0 Å². The maximum Gasteiger partial charge on any atom is 0.270 e. The number of carbonyl (C=O) groups excluding carboxylic acids is 1. The van der Waals surface area contributed by atoms with Crippen molar-refractivity contribution in [2.45, 2.75) is 33.2 Å². The van der Waals surface area contributed by atoms with Crippen molar-refractivity contribution >= 4 is 11.6 Å². The summed E-state index contributed by atoms with van der Waals surface area (Å²) in [5, 5.41) is 3.01. The van der Waals surface area contributed by atoms with Crippen LogP contribution in [0.3, 0.4) is 0 Å². The van der Waals surface area contributed by atoms with E-state index in [0.717, 1.165) is 29.7 Å². The molecule has 3 aromatic rings. The highest BCUT2D eigenvalue weighted by molar-refractivity contribution is 5.94. The maximum atomic E-state index is 12.7. The molecule has 0 spiro atoms. The van der Waals surface area contributed by atoms with E-state index in [1.54, 1.807) is 0 Å². The van der Waals surface area contributed by atoms with Gasteiger partial charge < -0.3 is 5.32 Å². The zero-order valence-electron chi connectivity index (χ0n) is 13.5. The van der Waals surface area contributed by atoms with E-state index in [-0.39, 0.29) is 5.91 Å². The van der Waals surface area contributed by atoms with E-state index in [2.05, 4.69) is 36.3 Å². The van der Waals surface area contributed by atoms with Crippen LogP contribution in [0.15, 0.2) is 48.7 Å². The van der Waals surface area contributed by atoms with Gasteiger partial charge in [-0.2, -0.15) is 0 Å². The molecule has 1 aromatic carbocycles. The second-order valence-corrected chi connectivity index (χ2v) is 5.75. The summed E-state index contributed by atoms with van der Waals surface area (Å²) in [5.74, 6) is -0.0762. The van der Waals surface area contributed by atoms with Crippen LogP contribution in [0, 0.1) is 6.92 Å². The predicted octanol–water partition coefficient (Wildman–Crippen LogP) is 3.53. The minimum atomic E-state index is -0.0762. The van der Waals surface area contributed by atoms with E-state index in [0.29, 0.717) is 12.2 Å². The molecule has 2 heterocycles. The van der Waals surface area contributed by atoms with E-state index in [1.807, 2.05) is 40.9 Å². The Morgan fingerprint density at radius 3 is 2.70 bits per heavy atom. The van der Waals surface area contributed by atoms with Gasteiger partial charge in [0.25, 0.3) is 5.91 Å². The third kappa shape index (κ3) is 3.26. The highest BCUT2D eigenvalue weighted by atomic mass is 16.1. The third-order valence-electron chi connectivity index (χ3n) is 3.88. The molecule has 2 aromatic heterocycles. The van der Waals surface area contributed by atoms with E-state index in [4.69, 9.17) is 0 Å². The van der Waals surface area contributed by atoms with Gasteiger partial charge in [0.2, 0.25) is 0 Å². The number of rotatable bonds is 5. The number of amides is 1. The third-order valence-corrected chi connectivity index (χ3v) is 3.88. The fourth-order valence-electron chi connectivity index (χ4n) is 2.67. The Labute approximate surface area is 136 Å². The molecular formula is C19H21N3O. The number of carbonyl (C=O) groups is 1. The average molecular weight is 307 g/mol. The van der Waals surface area contributed by atoms with Gasteiger partial charge >= 0.3 is 0 Å². The quantitative estimate of drug-likeness (QED) is 0.784. The molecule has 0 aliphatic heterocycles. The van der Waals surface area contributed by atoms with Crippen molar-refractivity contribution in [1.82, 2.24) is 14.7 Å². The first-order valence-electron chi connectivity index (χ1n) is 7.98. The number of hydrogen-bond donors (Lipinski definition) is 1. The van der Waals surface area contributed by atoms with Crippen LogP contribution < -0.4 is 5.32 Å². The highest BCUT2D eigenvalue weighted by Gasteiger charge is 2.18. The smallest absolute Gasteiger partial charge is 0.270 e. The first-order chi connectivity index (χ1) is 11.2. The number of aryl methyl sites for hydroxylation is 2. The lowest BCUT2D eigenvalue weighted by Crippen LogP contribution is -2.25. The molecule has 4 heteroatoms. The molecule has 0 bridgehead atoms. The first-order valence-corrected chi connectivity index (χ1v) is 7.98. The zero-order chi connectivity index (χ0) is 16.2. The SMILES string of the molecule is CCCc1nc2ccccn2c1C(=O)NCc1ccc(C)cc1. The summed E-state index contributed by atoms with van der Waals surface area (Å²) in [6, 6.07) is 14.0. The Morgan fingerprint density at radius 2 is 1.96 bits per heavy atom. The Balaban J connectivity index is 1.84. The van der Waals surface area contributed by atoms with Crippen LogP contribution in [0.5, 0.6) is 0 Å². The molecule has 118 valence electrons. The summed E-state index contributed by atoms with van der Waals surface area (Å²) in [4.78, 5) is 17.3. The molecule has 1 amide bonds. The predicted molar refractivity (Wildman–Crippen MR) is 91.5 cm³/mol. The molecular weight excluding hydrogens is 286 g/mol. The second kappa shape index (κ2) is 6.65. The van der Waals surface area contributed by atoms with E-state index < -0.39 is 0 Å². The van der Waals surface area contributed by atoms with Gasteiger partial charge in [-0.3, -0.25) is 9.20 Å². The van der Waals surface area contributed by atoms with Crippen LogP contribution >= 0.6 is 0 Å². The average Bonchev–Trinajstić information content (AvgIpc) is 2.92. The minimum Gasteiger partial charge on any atom is -0.347 e. The van der Waals surface area contributed by atoms with E-state index in [1.165, 1.54) is 5.56 Å². The Hall–Kier alpha value is -2.62. The second-order valence-electron chi connectivity index (χ2n) is 5.75. The first kappa shape index (κ1) is 15.3. The van der Waals surface area contributed by atoms with E-state index >= 15 is 0 Å².